The van der Waals surface area contributed by atoms with Crippen molar-refractivity contribution in [3.05, 3.63) is 174 Å². The fourth-order valence-corrected chi connectivity index (χ4v) is 7.22. The summed E-state index contributed by atoms with van der Waals surface area (Å²) in [6.07, 6.45) is 4.47. The first-order valence-electron chi connectivity index (χ1n) is 17.6. The zero-order valence-corrected chi connectivity index (χ0v) is 29.2. The highest BCUT2D eigenvalue weighted by Gasteiger charge is 2.42. The van der Waals surface area contributed by atoms with Gasteiger partial charge in [0.1, 0.15) is 17.7 Å². The minimum atomic E-state index is -0.854. The molecule has 0 aliphatic carbocycles. The van der Waals surface area contributed by atoms with Crippen molar-refractivity contribution >= 4 is 11.2 Å². The van der Waals surface area contributed by atoms with Crippen molar-refractivity contribution < 1.29 is 4.74 Å². The van der Waals surface area contributed by atoms with E-state index in [1.807, 2.05) is 28.9 Å². The fraction of sp³-hybridized carbons (Fsp3) is 0.163. The van der Waals surface area contributed by atoms with Gasteiger partial charge in [0.25, 0.3) is 0 Å². The molecule has 0 spiro atoms. The molecule has 256 valence electrons. The lowest BCUT2D eigenvalue weighted by Crippen LogP contribution is -2.39. The Morgan fingerprint density at radius 2 is 1.27 bits per heavy atom. The maximum absolute atomic E-state index is 5.64. The number of imidazole rings is 1. The molecule has 0 amide bonds. The molecule has 5 aromatic carbocycles. The van der Waals surface area contributed by atoms with E-state index in [1.54, 1.807) is 7.11 Å². The van der Waals surface area contributed by atoms with Gasteiger partial charge in [-0.05, 0) is 50.2 Å². The third kappa shape index (κ3) is 5.80. The molecule has 3 heterocycles. The Kier molecular flexibility index (Phi) is 9.06. The van der Waals surface area contributed by atoms with E-state index in [4.69, 9.17) is 20.0 Å². The van der Waals surface area contributed by atoms with Crippen LogP contribution in [0, 0.1) is 0 Å². The molecule has 8 rings (SSSR count). The number of aromatic nitrogens is 8. The van der Waals surface area contributed by atoms with E-state index in [0.717, 1.165) is 69.5 Å². The summed E-state index contributed by atoms with van der Waals surface area (Å²) in [5, 5.41) is 13.8. The van der Waals surface area contributed by atoms with Crippen LogP contribution in [0.25, 0.3) is 33.7 Å². The van der Waals surface area contributed by atoms with E-state index >= 15 is 0 Å². The molecule has 3 aromatic heterocycles. The van der Waals surface area contributed by atoms with Crippen molar-refractivity contribution in [2.75, 3.05) is 7.11 Å². The van der Waals surface area contributed by atoms with E-state index in [-0.39, 0.29) is 0 Å². The van der Waals surface area contributed by atoms with Crippen LogP contribution in [0.5, 0.6) is 5.88 Å². The Bertz CT molecular complexity index is 2310. The molecule has 0 saturated heterocycles. The smallest absolute Gasteiger partial charge is 0.243 e. The maximum atomic E-state index is 5.64. The van der Waals surface area contributed by atoms with Crippen molar-refractivity contribution in [2.24, 2.45) is 0 Å². The number of nitrogens with zero attached hydrogens (tertiary/aromatic N) is 8. The first kappa shape index (κ1) is 32.7. The van der Waals surface area contributed by atoms with Gasteiger partial charge in [-0.15, -0.1) is 5.10 Å². The summed E-state index contributed by atoms with van der Waals surface area (Å²) >= 11 is 0. The number of methoxy groups -OCH3 is 1. The van der Waals surface area contributed by atoms with Crippen LogP contribution < -0.4 is 4.74 Å². The van der Waals surface area contributed by atoms with Gasteiger partial charge in [-0.25, -0.2) is 14.6 Å². The van der Waals surface area contributed by atoms with E-state index < -0.39 is 5.54 Å². The lowest BCUT2D eigenvalue weighted by Gasteiger charge is -2.36. The summed E-state index contributed by atoms with van der Waals surface area (Å²) in [5.74, 6) is 2.17. The number of rotatable bonds is 12. The minimum absolute atomic E-state index is 0.529. The van der Waals surface area contributed by atoms with Crippen LogP contribution in [-0.4, -0.2) is 46.8 Å². The van der Waals surface area contributed by atoms with Gasteiger partial charge in [-0.3, -0.25) is 0 Å². The summed E-state index contributed by atoms with van der Waals surface area (Å²) in [5.41, 5.74) is 7.91. The number of hydrogen-bond donors (Lipinski definition) is 0. The van der Waals surface area contributed by atoms with E-state index in [0.29, 0.717) is 23.9 Å². The molecular weight excluding hydrogens is 645 g/mol. The Morgan fingerprint density at radius 3 is 1.87 bits per heavy atom. The molecule has 52 heavy (non-hydrogen) atoms. The quantitative estimate of drug-likeness (QED) is 0.119. The summed E-state index contributed by atoms with van der Waals surface area (Å²) in [7, 11) is 1.64. The van der Waals surface area contributed by atoms with Gasteiger partial charge in [0.2, 0.25) is 5.88 Å². The standard InChI is InChI=1S/C43H38N8O/c1-3-4-24-38-46-40-39(42(52-2)45-30-44-40)50(38)29-31-25-27-32(28-26-31)36-22-14-15-23-37(36)41-47-48-49-51(41)43(33-16-8-5-9-17-33,34-18-10-6-11-19-34)35-20-12-7-13-21-35/h5-23,25-28,30H,3-4,24,29H2,1-2H3. The van der Waals surface area contributed by atoms with Gasteiger partial charge in [-0.1, -0.05) is 153 Å². The molecule has 0 fully saturated rings. The third-order valence-corrected chi connectivity index (χ3v) is 9.67. The topological polar surface area (TPSA) is 96.4 Å². The van der Waals surface area contributed by atoms with Crippen molar-refractivity contribution in [1.29, 1.82) is 0 Å². The Labute approximate surface area is 302 Å². The molecular formula is C43H38N8O. The average Bonchev–Trinajstić information content (AvgIpc) is 3.84. The normalized spacial score (nSPS) is 11.6. The molecule has 0 saturated carbocycles. The Hall–Kier alpha value is -6.48. The third-order valence-electron chi connectivity index (χ3n) is 9.67. The predicted molar refractivity (Wildman–Crippen MR) is 203 cm³/mol. The van der Waals surface area contributed by atoms with Gasteiger partial charge in [0, 0.05) is 18.5 Å². The van der Waals surface area contributed by atoms with Crippen LogP contribution in [0.1, 0.15) is 47.8 Å². The molecule has 0 N–H and O–H groups in total. The molecule has 0 aliphatic heterocycles. The lowest BCUT2D eigenvalue weighted by molar-refractivity contribution is 0.400. The summed E-state index contributed by atoms with van der Waals surface area (Å²) in [4.78, 5) is 13.7. The van der Waals surface area contributed by atoms with Crippen molar-refractivity contribution in [3.63, 3.8) is 0 Å². The fourth-order valence-electron chi connectivity index (χ4n) is 7.22. The van der Waals surface area contributed by atoms with Gasteiger partial charge >= 0.3 is 0 Å². The molecule has 8 aromatic rings. The lowest BCUT2D eigenvalue weighted by atomic mass is 9.77. The van der Waals surface area contributed by atoms with E-state index in [1.165, 1.54) is 6.33 Å². The first-order valence-corrected chi connectivity index (χ1v) is 17.6. The largest absolute Gasteiger partial charge is 0.479 e. The molecule has 0 radical (unpaired) electrons. The van der Waals surface area contributed by atoms with Gasteiger partial charge < -0.3 is 9.30 Å². The van der Waals surface area contributed by atoms with Crippen molar-refractivity contribution in [1.82, 2.24) is 39.7 Å². The Morgan fingerprint density at radius 1 is 0.673 bits per heavy atom. The molecule has 0 bridgehead atoms. The number of hydrogen-bond acceptors (Lipinski definition) is 7. The van der Waals surface area contributed by atoms with Crippen molar-refractivity contribution in [3.8, 4) is 28.4 Å². The van der Waals surface area contributed by atoms with Gasteiger partial charge in [0.15, 0.2) is 17.0 Å². The zero-order valence-electron chi connectivity index (χ0n) is 29.2. The SMILES string of the molecule is CCCCc1nc2ncnc(OC)c2n1Cc1ccc(-c2ccccc2-c2nnnn2C(c2ccccc2)(c2ccccc2)c2ccccc2)cc1. The maximum Gasteiger partial charge on any atom is 0.243 e. The second kappa shape index (κ2) is 14.4. The van der Waals surface area contributed by atoms with Gasteiger partial charge in [0.05, 0.1) is 7.11 Å². The zero-order chi connectivity index (χ0) is 35.3. The molecule has 9 heteroatoms. The van der Waals surface area contributed by atoms with E-state index in [2.05, 4.69) is 142 Å². The average molecular weight is 683 g/mol. The summed E-state index contributed by atoms with van der Waals surface area (Å²) in [6.45, 7) is 2.81. The molecule has 0 unspecified atom stereocenters. The number of unbranched alkanes of at least 4 members (excludes halogenated alkanes) is 1. The first-order chi connectivity index (χ1) is 25.7. The highest BCUT2D eigenvalue weighted by molar-refractivity contribution is 5.81. The summed E-state index contributed by atoms with van der Waals surface area (Å²) in [6, 6.07) is 48.4. The van der Waals surface area contributed by atoms with Crippen molar-refractivity contribution in [2.45, 2.75) is 38.3 Å². The van der Waals surface area contributed by atoms with Crippen LogP contribution in [0.3, 0.4) is 0 Å². The number of ether oxygens (including phenoxy) is 1. The minimum Gasteiger partial charge on any atom is -0.479 e. The molecule has 9 nitrogen and oxygen atoms in total. The van der Waals surface area contributed by atoms with Gasteiger partial charge in [-0.2, -0.15) is 4.98 Å². The monoisotopic (exact) mass is 682 g/mol. The number of fused-ring (bicyclic) bond motifs is 1. The van der Waals surface area contributed by atoms with Crippen LogP contribution in [0.15, 0.2) is 146 Å². The number of benzene rings is 5. The molecule has 0 aliphatic rings. The highest BCUT2D eigenvalue weighted by atomic mass is 16.5. The second-order valence-corrected chi connectivity index (χ2v) is 12.7. The van der Waals surface area contributed by atoms with Crippen LogP contribution in [-0.2, 0) is 18.5 Å². The Balaban J connectivity index is 1.23. The summed E-state index contributed by atoms with van der Waals surface area (Å²) < 4.78 is 9.81. The van der Waals surface area contributed by atoms with Crippen LogP contribution in [0.4, 0.5) is 0 Å². The number of aryl methyl sites for hydroxylation is 1. The predicted octanol–water partition coefficient (Wildman–Crippen LogP) is 8.39. The molecule has 0 atom stereocenters. The van der Waals surface area contributed by atoms with E-state index in [9.17, 15) is 0 Å². The van der Waals surface area contributed by atoms with Crippen LogP contribution >= 0.6 is 0 Å². The number of tetrazole rings is 1. The highest BCUT2D eigenvalue weighted by Crippen LogP contribution is 2.43. The second-order valence-electron chi connectivity index (χ2n) is 12.7. The van der Waals surface area contributed by atoms with Crippen LogP contribution in [0.2, 0.25) is 0 Å².